The average molecular weight is 329 g/mol. The van der Waals surface area contributed by atoms with E-state index in [-0.39, 0.29) is 0 Å². The van der Waals surface area contributed by atoms with Gasteiger partial charge in [0.05, 0.1) is 0 Å². The summed E-state index contributed by atoms with van der Waals surface area (Å²) in [5, 5.41) is 5.34. The predicted octanol–water partition coefficient (Wildman–Crippen LogP) is 4.86. The molecule has 0 fully saturated rings. The van der Waals surface area contributed by atoms with Crippen LogP contribution < -0.4 is 15.7 Å². The first-order valence-electron chi connectivity index (χ1n) is 8.69. The zero-order valence-electron chi connectivity index (χ0n) is 14.2. The van der Waals surface area contributed by atoms with E-state index in [1.807, 2.05) is 60.7 Å². The summed E-state index contributed by atoms with van der Waals surface area (Å²) in [6.07, 6.45) is 5.58. The third-order valence-corrected chi connectivity index (χ3v) is 6.93. The highest BCUT2D eigenvalue weighted by molar-refractivity contribution is 7.76. The van der Waals surface area contributed by atoms with E-state index in [1.165, 1.54) is 12.8 Å². The second-order valence-electron chi connectivity index (χ2n) is 6.04. The molecule has 1 N–H and O–H groups in total. The van der Waals surface area contributed by atoms with Gasteiger partial charge in [-0.25, -0.2) is 0 Å². The van der Waals surface area contributed by atoms with Crippen molar-refractivity contribution in [2.75, 3.05) is 0 Å². The predicted molar refractivity (Wildman–Crippen MR) is 101 cm³/mol. The molecule has 0 unspecified atom stereocenters. The molecular weight excluding hydrogens is 301 g/mol. The van der Waals surface area contributed by atoms with Crippen molar-refractivity contribution in [1.29, 1.82) is 0 Å². The summed E-state index contributed by atoms with van der Waals surface area (Å²) in [6.45, 7) is 4.40. The van der Waals surface area contributed by atoms with Crippen LogP contribution >= 0.6 is 7.29 Å². The highest BCUT2D eigenvalue weighted by Gasteiger charge is 2.29. The monoisotopic (exact) mass is 329 g/mol. The lowest BCUT2D eigenvalue weighted by Crippen LogP contribution is -2.35. The third kappa shape index (κ3) is 4.80. The maximum Gasteiger partial charge on any atom is 0.204 e. The normalized spacial score (nSPS) is 13.0. The Labute approximate surface area is 140 Å². The van der Waals surface area contributed by atoms with Gasteiger partial charge < -0.3 is 0 Å². The number of hydrogen-bond donors (Lipinski definition) is 1. The van der Waals surface area contributed by atoms with E-state index in [1.54, 1.807) is 0 Å². The van der Waals surface area contributed by atoms with E-state index in [4.69, 9.17) is 0 Å². The summed E-state index contributed by atoms with van der Waals surface area (Å²) in [4.78, 5) is 0. The van der Waals surface area contributed by atoms with E-state index in [2.05, 4.69) is 18.9 Å². The van der Waals surface area contributed by atoms with Crippen LogP contribution in [0.25, 0.3) is 0 Å². The van der Waals surface area contributed by atoms with Gasteiger partial charge in [0.1, 0.15) is 0 Å². The number of benzene rings is 2. The molecule has 2 aromatic carbocycles. The lowest BCUT2D eigenvalue weighted by Gasteiger charge is -2.27. The van der Waals surface area contributed by atoms with Gasteiger partial charge in [0.15, 0.2) is 0 Å². The van der Waals surface area contributed by atoms with E-state index in [9.17, 15) is 4.57 Å². The molecule has 3 heteroatoms. The fourth-order valence-corrected chi connectivity index (χ4v) is 5.46. The van der Waals surface area contributed by atoms with Crippen LogP contribution in [-0.2, 0) is 4.57 Å². The molecule has 0 saturated heterocycles. The van der Waals surface area contributed by atoms with E-state index >= 15 is 0 Å². The van der Waals surface area contributed by atoms with Gasteiger partial charge >= 0.3 is 0 Å². The Bertz CT molecular complexity index is 569. The second kappa shape index (κ2) is 9.05. The van der Waals surface area contributed by atoms with Gasteiger partial charge in [0.25, 0.3) is 0 Å². The fraction of sp³-hybridized carbons (Fsp3) is 0.400. The van der Waals surface area contributed by atoms with Crippen LogP contribution in [0.2, 0.25) is 0 Å². The molecule has 0 heterocycles. The molecule has 0 aliphatic heterocycles. The smallest absolute Gasteiger partial charge is 0.204 e. The summed E-state index contributed by atoms with van der Waals surface area (Å²) in [7, 11) is -2.80. The van der Waals surface area contributed by atoms with Crippen molar-refractivity contribution in [3.8, 4) is 0 Å². The molecule has 0 bridgehead atoms. The Morgan fingerprint density at radius 1 is 0.826 bits per heavy atom. The van der Waals surface area contributed by atoms with E-state index < -0.39 is 7.29 Å². The van der Waals surface area contributed by atoms with Crippen molar-refractivity contribution in [3.63, 3.8) is 0 Å². The minimum atomic E-state index is -2.80. The topological polar surface area (TPSA) is 29.1 Å². The first kappa shape index (κ1) is 18.0. The molecule has 0 radical (unpaired) electrons. The second-order valence-corrected chi connectivity index (χ2v) is 8.55. The van der Waals surface area contributed by atoms with Gasteiger partial charge in [0, 0.05) is 16.7 Å². The van der Waals surface area contributed by atoms with Crippen LogP contribution in [0.3, 0.4) is 0 Å². The SMILES string of the molecule is CCCC[C@@H](CCC)NP(=O)(c1ccccc1)c1ccccc1. The molecule has 2 rings (SSSR count). The number of unbranched alkanes of at least 4 members (excludes halogenated alkanes) is 1. The lowest BCUT2D eigenvalue weighted by molar-refractivity contribution is 0.489. The number of rotatable bonds is 9. The molecule has 0 aliphatic carbocycles. The first-order chi connectivity index (χ1) is 11.2. The maximum absolute atomic E-state index is 14.0. The first-order valence-corrected chi connectivity index (χ1v) is 10.4. The minimum absolute atomic E-state index is 0.297. The van der Waals surface area contributed by atoms with E-state index in [0.717, 1.165) is 29.9 Å². The van der Waals surface area contributed by atoms with Crippen LogP contribution in [0.1, 0.15) is 46.0 Å². The maximum atomic E-state index is 14.0. The molecule has 0 aromatic heterocycles. The highest BCUT2D eigenvalue weighted by Crippen LogP contribution is 2.40. The molecule has 2 nitrogen and oxygen atoms in total. The summed E-state index contributed by atoms with van der Waals surface area (Å²) in [6, 6.07) is 20.0. The van der Waals surface area contributed by atoms with Crippen LogP contribution in [0.15, 0.2) is 60.7 Å². The van der Waals surface area contributed by atoms with Crippen LogP contribution in [0.4, 0.5) is 0 Å². The van der Waals surface area contributed by atoms with Crippen LogP contribution in [0.5, 0.6) is 0 Å². The molecule has 1 atom stereocenters. The molecule has 0 saturated carbocycles. The minimum Gasteiger partial charge on any atom is -0.297 e. The Morgan fingerprint density at radius 2 is 1.35 bits per heavy atom. The molecule has 2 aromatic rings. The molecule has 124 valence electrons. The quantitative estimate of drug-likeness (QED) is 0.665. The van der Waals surface area contributed by atoms with Crippen molar-refractivity contribution in [1.82, 2.24) is 5.09 Å². The standard InChI is InChI=1S/C20H28NOP/c1-3-5-13-18(12-4-2)21-23(22,19-14-8-6-9-15-19)20-16-10-7-11-17-20/h6-11,14-18H,3-5,12-13H2,1-2H3,(H,21,22)/t18-/m1/s1. The Balaban J connectivity index is 2.36. The Hall–Kier alpha value is -1.37. The van der Waals surface area contributed by atoms with E-state index in [0.29, 0.717) is 6.04 Å². The van der Waals surface area contributed by atoms with Crippen LogP contribution in [-0.4, -0.2) is 6.04 Å². The summed E-state index contributed by atoms with van der Waals surface area (Å²) in [5.41, 5.74) is 0. The van der Waals surface area contributed by atoms with Gasteiger partial charge in [-0.05, 0) is 37.1 Å². The van der Waals surface area contributed by atoms with Crippen molar-refractivity contribution in [2.45, 2.75) is 52.0 Å². The van der Waals surface area contributed by atoms with Crippen molar-refractivity contribution < 1.29 is 4.57 Å². The van der Waals surface area contributed by atoms with Crippen LogP contribution in [0, 0.1) is 0 Å². The molecular formula is C20H28NOP. The van der Waals surface area contributed by atoms with Gasteiger partial charge in [-0.3, -0.25) is 9.65 Å². The summed E-state index contributed by atoms with van der Waals surface area (Å²) in [5.74, 6) is 0. The van der Waals surface area contributed by atoms with Crippen molar-refractivity contribution in [3.05, 3.63) is 60.7 Å². The Morgan fingerprint density at radius 3 is 1.78 bits per heavy atom. The van der Waals surface area contributed by atoms with Gasteiger partial charge in [-0.2, -0.15) is 0 Å². The van der Waals surface area contributed by atoms with Crippen molar-refractivity contribution >= 4 is 17.9 Å². The van der Waals surface area contributed by atoms with Crippen molar-refractivity contribution in [2.24, 2.45) is 0 Å². The van der Waals surface area contributed by atoms with Gasteiger partial charge in [-0.1, -0.05) is 69.5 Å². The molecule has 0 amide bonds. The lowest BCUT2D eigenvalue weighted by atomic mass is 10.1. The average Bonchev–Trinajstić information content (AvgIpc) is 2.61. The molecule has 0 spiro atoms. The van der Waals surface area contributed by atoms with Gasteiger partial charge in [0.2, 0.25) is 7.29 Å². The summed E-state index contributed by atoms with van der Waals surface area (Å²) < 4.78 is 14.0. The fourth-order valence-electron chi connectivity index (χ4n) is 2.90. The zero-order valence-corrected chi connectivity index (χ0v) is 15.1. The van der Waals surface area contributed by atoms with Gasteiger partial charge in [-0.15, -0.1) is 0 Å². The number of nitrogens with one attached hydrogen (secondary N) is 1. The largest absolute Gasteiger partial charge is 0.297 e. The third-order valence-electron chi connectivity index (χ3n) is 4.15. The Kier molecular flexibility index (Phi) is 7.08. The zero-order chi connectivity index (χ0) is 16.5. The molecule has 0 aliphatic rings. The highest BCUT2D eigenvalue weighted by atomic mass is 31.2. The molecule has 23 heavy (non-hydrogen) atoms. The summed E-state index contributed by atoms with van der Waals surface area (Å²) >= 11 is 0. The number of hydrogen-bond acceptors (Lipinski definition) is 1.